The molecule has 4 heterocycles. The lowest BCUT2D eigenvalue weighted by molar-refractivity contribution is 0.122. The van der Waals surface area contributed by atoms with Gasteiger partial charge in [0.05, 0.1) is 45.4 Å². The van der Waals surface area contributed by atoms with Crippen molar-refractivity contribution in [3.8, 4) is 11.5 Å². The number of hydrogen-bond donors (Lipinski definition) is 1. The zero-order chi connectivity index (χ0) is 22.3. The highest BCUT2D eigenvalue weighted by molar-refractivity contribution is 7.90. The fraction of sp³-hybridized carbons (Fsp3) is 0.450. The van der Waals surface area contributed by atoms with Crippen LogP contribution in [0.3, 0.4) is 0 Å². The van der Waals surface area contributed by atoms with Crippen LogP contribution in [0, 0.1) is 0 Å². The molecule has 32 heavy (non-hydrogen) atoms. The number of benzene rings is 1. The Morgan fingerprint density at radius 2 is 1.78 bits per heavy atom. The van der Waals surface area contributed by atoms with Crippen molar-refractivity contribution in [1.82, 2.24) is 19.6 Å². The van der Waals surface area contributed by atoms with Crippen molar-refractivity contribution in [2.75, 3.05) is 52.0 Å². The first-order valence-electron chi connectivity index (χ1n) is 10.3. The van der Waals surface area contributed by atoms with Crippen molar-refractivity contribution < 1.29 is 22.6 Å². The first-order valence-corrected chi connectivity index (χ1v) is 11.8. The highest BCUT2D eigenvalue weighted by atomic mass is 32.2. The molecule has 0 radical (unpaired) electrons. The molecule has 0 saturated carbocycles. The minimum Gasteiger partial charge on any atom is -0.493 e. The topological polar surface area (TPSA) is 118 Å². The summed E-state index contributed by atoms with van der Waals surface area (Å²) >= 11 is 0. The Balaban J connectivity index is 1.47. The van der Waals surface area contributed by atoms with E-state index in [4.69, 9.17) is 14.2 Å². The van der Waals surface area contributed by atoms with Crippen molar-refractivity contribution >= 4 is 27.5 Å². The molecule has 1 N–H and O–H groups in total. The molecule has 3 aliphatic rings. The van der Waals surface area contributed by atoms with Gasteiger partial charge in [0.1, 0.15) is 17.0 Å². The number of methoxy groups -OCH3 is 2. The fourth-order valence-electron chi connectivity index (χ4n) is 4.17. The number of ether oxygens (including phenoxy) is 3. The molecule has 3 aliphatic heterocycles. The van der Waals surface area contributed by atoms with Gasteiger partial charge in [-0.05, 0) is 6.42 Å². The van der Waals surface area contributed by atoms with E-state index in [2.05, 4.69) is 24.6 Å². The number of aliphatic imine (C=N–C) groups is 1. The number of rotatable bonds is 3. The molecule has 1 aromatic heterocycles. The third kappa shape index (κ3) is 3.58. The Morgan fingerprint density at radius 3 is 2.53 bits per heavy atom. The predicted octanol–water partition coefficient (Wildman–Crippen LogP) is 0.668. The predicted molar refractivity (Wildman–Crippen MR) is 116 cm³/mol. The maximum Gasteiger partial charge on any atom is 0.266 e. The number of nitrogens with zero attached hydrogens (tertiary/aromatic N) is 5. The van der Waals surface area contributed by atoms with E-state index in [1.54, 1.807) is 12.4 Å². The van der Waals surface area contributed by atoms with Gasteiger partial charge in [0.25, 0.3) is 10.0 Å². The average Bonchev–Trinajstić information content (AvgIpc) is 2.82. The number of fused-ring (bicyclic) bond motifs is 2. The maximum atomic E-state index is 12.9. The van der Waals surface area contributed by atoms with E-state index in [0.717, 1.165) is 30.2 Å². The molecule has 12 heteroatoms. The lowest BCUT2D eigenvalue weighted by Crippen LogP contribution is -2.48. The Labute approximate surface area is 186 Å². The largest absolute Gasteiger partial charge is 0.493 e. The number of nitrogens with one attached hydrogen (secondary N) is 1. The van der Waals surface area contributed by atoms with Crippen LogP contribution in [-0.2, 0) is 27.7 Å². The first-order chi connectivity index (χ1) is 15.5. The van der Waals surface area contributed by atoms with E-state index in [-0.39, 0.29) is 10.9 Å². The number of hydrogen-bond acceptors (Lipinski definition) is 10. The third-order valence-corrected chi connectivity index (χ3v) is 7.16. The summed E-state index contributed by atoms with van der Waals surface area (Å²) < 4.78 is 44.5. The van der Waals surface area contributed by atoms with Gasteiger partial charge in [0.2, 0.25) is 5.96 Å². The van der Waals surface area contributed by atoms with E-state index in [9.17, 15) is 8.42 Å². The molecule has 11 nitrogen and oxygen atoms in total. The van der Waals surface area contributed by atoms with E-state index in [1.807, 2.05) is 4.90 Å². The van der Waals surface area contributed by atoms with E-state index in [0.29, 0.717) is 49.9 Å². The van der Waals surface area contributed by atoms with Crippen LogP contribution >= 0.6 is 0 Å². The van der Waals surface area contributed by atoms with Crippen molar-refractivity contribution in [3.63, 3.8) is 0 Å². The highest BCUT2D eigenvalue weighted by Crippen LogP contribution is 2.39. The number of guanidine groups is 1. The van der Waals surface area contributed by atoms with Gasteiger partial charge in [-0.3, -0.25) is 0 Å². The van der Waals surface area contributed by atoms with Gasteiger partial charge in [-0.1, -0.05) is 0 Å². The molecule has 1 aromatic carbocycles. The molecule has 0 amide bonds. The van der Waals surface area contributed by atoms with Crippen LogP contribution in [0.1, 0.15) is 11.3 Å². The molecule has 0 aliphatic carbocycles. The molecule has 170 valence electrons. The van der Waals surface area contributed by atoms with Crippen LogP contribution in [0.15, 0.2) is 28.3 Å². The SMILES string of the molecule is COc1cc2c(cc1OC)S(=O)(=O)NC(N1CCc3c(ncnc3N3CCOCC3)C1)=N2. The van der Waals surface area contributed by atoms with Crippen LogP contribution in [0.2, 0.25) is 0 Å². The average molecular weight is 461 g/mol. The summed E-state index contributed by atoms with van der Waals surface area (Å²) in [5.41, 5.74) is 2.27. The first kappa shape index (κ1) is 20.8. The molecule has 0 bridgehead atoms. The maximum absolute atomic E-state index is 12.9. The van der Waals surface area contributed by atoms with Gasteiger partial charge in [-0.2, -0.15) is 0 Å². The summed E-state index contributed by atoms with van der Waals surface area (Å²) in [5, 5.41) is 0. The van der Waals surface area contributed by atoms with Gasteiger partial charge < -0.3 is 24.0 Å². The van der Waals surface area contributed by atoms with Gasteiger partial charge in [0.15, 0.2) is 11.5 Å². The van der Waals surface area contributed by atoms with Crippen molar-refractivity contribution in [1.29, 1.82) is 0 Å². The minimum atomic E-state index is -3.81. The van der Waals surface area contributed by atoms with Crippen LogP contribution in [0.25, 0.3) is 0 Å². The van der Waals surface area contributed by atoms with E-state index in [1.165, 1.54) is 20.3 Å². The van der Waals surface area contributed by atoms with E-state index >= 15 is 0 Å². The van der Waals surface area contributed by atoms with Crippen LogP contribution in [0.5, 0.6) is 11.5 Å². The molecule has 0 spiro atoms. The monoisotopic (exact) mass is 460 g/mol. The quantitative estimate of drug-likeness (QED) is 0.705. The Kier molecular flexibility index (Phi) is 5.25. The zero-order valence-corrected chi connectivity index (χ0v) is 18.7. The number of morpholine rings is 1. The summed E-state index contributed by atoms with van der Waals surface area (Å²) in [6.45, 7) is 3.96. The highest BCUT2D eigenvalue weighted by Gasteiger charge is 2.33. The lowest BCUT2D eigenvalue weighted by atomic mass is 10.1. The molecule has 2 aromatic rings. The Bertz CT molecular complexity index is 1180. The molecule has 0 unspecified atom stereocenters. The molecule has 1 fully saturated rings. The third-order valence-electron chi connectivity index (χ3n) is 5.80. The fourth-order valence-corrected chi connectivity index (χ4v) is 5.33. The summed E-state index contributed by atoms with van der Waals surface area (Å²) in [4.78, 5) is 17.7. The summed E-state index contributed by atoms with van der Waals surface area (Å²) in [6, 6.07) is 2.99. The molecule has 5 rings (SSSR count). The molecule has 0 atom stereocenters. The minimum absolute atomic E-state index is 0.0493. The van der Waals surface area contributed by atoms with Crippen molar-refractivity contribution in [2.24, 2.45) is 4.99 Å². The molecule has 1 saturated heterocycles. The van der Waals surface area contributed by atoms with E-state index < -0.39 is 10.0 Å². The van der Waals surface area contributed by atoms with Gasteiger partial charge in [0, 0.05) is 37.3 Å². The summed E-state index contributed by atoms with van der Waals surface area (Å²) in [7, 11) is -0.858. The van der Waals surface area contributed by atoms with Gasteiger partial charge in [-0.25, -0.2) is 28.1 Å². The Morgan fingerprint density at radius 1 is 1.03 bits per heavy atom. The molecular weight excluding hydrogens is 436 g/mol. The second-order valence-corrected chi connectivity index (χ2v) is 9.26. The van der Waals surface area contributed by atoms with Crippen LogP contribution in [0.4, 0.5) is 11.5 Å². The standard InChI is InChI=1S/C20H24N6O5S/c1-29-16-9-14-18(10-17(16)30-2)32(27,28)24-20(23-14)26-4-3-13-15(11-26)21-12-22-19(13)25-5-7-31-8-6-25/h9-10,12H,3-8,11H2,1-2H3,(H,23,24). The van der Waals surface area contributed by atoms with Crippen molar-refractivity contribution in [2.45, 2.75) is 17.9 Å². The Hall–Kier alpha value is -3.12. The van der Waals surface area contributed by atoms with Crippen LogP contribution in [-0.4, -0.2) is 76.3 Å². The normalized spacial score (nSPS) is 19.4. The second kappa shape index (κ2) is 8.10. The van der Waals surface area contributed by atoms with Gasteiger partial charge in [-0.15, -0.1) is 0 Å². The smallest absolute Gasteiger partial charge is 0.266 e. The van der Waals surface area contributed by atoms with Crippen LogP contribution < -0.4 is 19.1 Å². The number of sulfonamides is 1. The summed E-state index contributed by atoms with van der Waals surface area (Å²) in [5.74, 6) is 1.95. The number of aromatic nitrogens is 2. The zero-order valence-electron chi connectivity index (χ0n) is 17.9. The number of anilines is 1. The lowest BCUT2D eigenvalue weighted by Gasteiger charge is -2.35. The molecular formula is C20H24N6O5S. The van der Waals surface area contributed by atoms with Crippen molar-refractivity contribution in [3.05, 3.63) is 29.7 Å². The second-order valence-electron chi connectivity index (χ2n) is 7.61. The van der Waals surface area contributed by atoms with Gasteiger partial charge >= 0.3 is 0 Å². The summed E-state index contributed by atoms with van der Waals surface area (Å²) in [6.07, 6.45) is 2.24.